The molecule has 0 aromatic rings. The van der Waals surface area contributed by atoms with E-state index in [9.17, 15) is 5.11 Å². The average molecular weight is 160 g/mol. The molecule has 0 radical (unpaired) electrons. The molecule has 0 aromatic heterocycles. The Morgan fingerprint density at radius 3 is 2.64 bits per heavy atom. The highest BCUT2D eigenvalue weighted by Gasteiger charge is 2.34. The van der Waals surface area contributed by atoms with E-state index >= 15 is 0 Å². The molecular weight excluding hydrogens is 144 g/mol. The van der Waals surface area contributed by atoms with Gasteiger partial charge in [0.05, 0.1) is 6.10 Å². The second-order valence-corrected chi connectivity index (χ2v) is 3.19. The first kappa shape index (κ1) is 8.93. The van der Waals surface area contributed by atoms with Crippen LogP contribution in [0, 0.1) is 5.92 Å². The van der Waals surface area contributed by atoms with Crippen molar-refractivity contribution in [3.8, 4) is 0 Å². The Morgan fingerprint density at radius 1 is 1.73 bits per heavy atom. The van der Waals surface area contributed by atoms with Gasteiger partial charge in [0.25, 0.3) is 0 Å². The summed E-state index contributed by atoms with van der Waals surface area (Å²) >= 11 is 0. The lowest BCUT2D eigenvalue weighted by molar-refractivity contribution is 0.138. The lowest BCUT2D eigenvalue weighted by Crippen LogP contribution is -2.46. The fraction of sp³-hybridized carbons (Fsp3) is 1.00. The molecule has 4 nitrogen and oxygen atoms in total. The van der Waals surface area contributed by atoms with E-state index in [1.165, 1.54) is 0 Å². The third-order valence-electron chi connectivity index (χ3n) is 2.33. The summed E-state index contributed by atoms with van der Waals surface area (Å²) in [6.07, 6.45) is -0.443. The van der Waals surface area contributed by atoms with Crippen LogP contribution in [0.1, 0.15) is 6.92 Å². The third kappa shape index (κ3) is 1.70. The van der Waals surface area contributed by atoms with Crippen LogP contribution in [-0.2, 0) is 0 Å². The van der Waals surface area contributed by atoms with Gasteiger partial charge >= 0.3 is 0 Å². The molecule has 5 N–H and O–H groups in total. The minimum absolute atomic E-state index is 0.0628. The molecule has 1 aliphatic rings. The van der Waals surface area contributed by atoms with Crippen LogP contribution in [0.3, 0.4) is 0 Å². The number of rotatable bonds is 2. The zero-order valence-electron chi connectivity index (χ0n) is 6.70. The summed E-state index contributed by atoms with van der Waals surface area (Å²) in [6.45, 7) is 2.50. The normalized spacial score (nSPS) is 40.9. The maximum absolute atomic E-state index is 9.21. The predicted octanol–water partition coefficient (Wildman–Crippen LogP) is -1.73. The summed E-state index contributed by atoms with van der Waals surface area (Å²) in [5, 5.41) is 21.1. The minimum atomic E-state index is -0.443. The molecule has 1 rings (SSSR count). The summed E-state index contributed by atoms with van der Waals surface area (Å²) < 4.78 is 0. The van der Waals surface area contributed by atoms with Crippen LogP contribution in [0.2, 0.25) is 0 Å². The lowest BCUT2D eigenvalue weighted by Gasteiger charge is -2.20. The zero-order valence-corrected chi connectivity index (χ0v) is 6.70. The largest absolute Gasteiger partial charge is 0.396 e. The second kappa shape index (κ2) is 3.49. The molecule has 1 heterocycles. The monoisotopic (exact) mass is 160 g/mol. The van der Waals surface area contributed by atoms with Crippen molar-refractivity contribution in [2.45, 2.75) is 25.1 Å². The summed E-state index contributed by atoms with van der Waals surface area (Å²) in [4.78, 5) is 0. The predicted molar refractivity (Wildman–Crippen MR) is 42.0 cm³/mol. The Bertz CT molecular complexity index is 130. The van der Waals surface area contributed by atoms with E-state index in [1.807, 2.05) is 0 Å². The standard InChI is InChI=1S/C7H16N2O2/c1-4(11)7-6(8)5(3-10)2-9-7/h4-7,9-11H,2-3,8H2,1H3. The molecule has 0 saturated carbocycles. The van der Waals surface area contributed by atoms with Crippen LogP contribution in [-0.4, -0.2) is 41.6 Å². The molecule has 0 amide bonds. The van der Waals surface area contributed by atoms with Crippen LogP contribution in [0.5, 0.6) is 0 Å². The molecular formula is C7H16N2O2. The van der Waals surface area contributed by atoms with Gasteiger partial charge in [-0.25, -0.2) is 0 Å². The van der Waals surface area contributed by atoms with Crippen molar-refractivity contribution in [3.05, 3.63) is 0 Å². The molecule has 0 aromatic carbocycles. The van der Waals surface area contributed by atoms with Gasteiger partial charge < -0.3 is 21.3 Å². The number of hydrogen-bond donors (Lipinski definition) is 4. The van der Waals surface area contributed by atoms with Gasteiger partial charge in [-0.15, -0.1) is 0 Å². The first-order valence-electron chi connectivity index (χ1n) is 3.94. The third-order valence-corrected chi connectivity index (χ3v) is 2.33. The number of aliphatic hydroxyl groups is 2. The summed E-state index contributed by atoms with van der Waals surface area (Å²) in [5.41, 5.74) is 5.75. The molecule has 66 valence electrons. The average Bonchev–Trinajstić information content (AvgIpc) is 2.30. The van der Waals surface area contributed by atoms with E-state index in [0.29, 0.717) is 6.54 Å². The van der Waals surface area contributed by atoms with E-state index in [2.05, 4.69) is 5.32 Å². The van der Waals surface area contributed by atoms with Gasteiger partial charge in [0.1, 0.15) is 0 Å². The highest BCUT2D eigenvalue weighted by Crippen LogP contribution is 2.14. The topological polar surface area (TPSA) is 78.5 Å². The molecule has 0 aliphatic carbocycles. The quantitative estimate of drug-likeness (QED) is 0.387. The Labute approximate surface area is 66.4 Å². The SMILES string of the molecule is CC(O)C1NCC(CO)C1N. The van der Waals surface area contributed by atoms with Crippen LogP contribution in [0.4, 0.5) is 0 Å². The molecule has 1 saturated heterocycles. The van der Waals surface area contributed by atoms with E-state index in [0.717, 1.165) is 0 Å². The molecule has 0 bridgehead atoms. The van der Waals surface area contributed by atoms with E-state index in [-0.39, 0.29) is 24.6 Å². The molecule has 0 spiro atoms. The van der Waals surface area contributed by atoms with Gasteiger partial charge in [0.15, 0.2) is 0 Å². The van der Waals surface area contributed by atoms with Crippen LogP contribution in [0.15, 0.2) is 0 Å². The molecule has 4 unspecified atom stereocenters. The number of nitrogens with one attached hydrogen (secondary N) is 1. The van der Waals surface area contributed by atoms with Crippen molar-refractivity contribution < 1.29 is 10.2 Å². The fourth-order valence-corrected chi connectivity index (χ4v) is 1.53. The van der Waals surface area contributed by atoms with Crippen molar-refractivity contribution in [1.29, 1.82) is 0 Å². The lowest BCUT2D eigenvalue weighted by atomic mass is 9.98. The van der Waals surface area contributed by atoms with Crippen LogP contribution >= 0.6 is 0 Å². The molecule has 1 fully saturated rings. The summed E-state index contributed by atoms with van der Waals surface area (Å²) in [6, 6.07) is -0.188. The van der Waals surface area contributed by atoms with Crippen molar-refractivity contribution in [2.24, 2.45) is 11.7 Å². The zero-order chi connectivity index (χ0) is 8.43. The van der Waals surface area contributed by atoms with E-state index < -0.39 is 6.10 Å². The highest BCUT2D eigenvalue weighted by atomic mass is 16.3. The van der Waals surface area contributed by atoms with Crippen LogP contribution in [0.25, 0.3) is 0 Å². The Balaban J connectivity index is 2.48. The first-order valence-corrected chi connectivity index (χ1v) is 3.94. The Hall–Kier alpha value is -0.160. The Morgan fingerprint density at radius 2 is 2.36 bits per heavy atom. The Kier molecular flexibility index (Phi) is 2.84. The second-order valence-electron chi connectivity index (χ2n) is 3.19. The van der Waals surface area contributed by atoms with Gasteiger partial charge in [-0.05, 0) is 6.92 Å². The van der Waals surface area contributed by atoms with E-state index in [1.54, 1.807) is 6.92 Å². The van der Waals surface area contributed by atoms with E-state index in [4.69, 9.17) is 10.8 Å². The van der Waals surface area contributed by atoms with Gasteiger partial charge in [0.2, 0.25) is 0 Å². The van der Waals surface area contributed by atoms with Gasteiger partial charge in [-0.3, -0.25) is 0 Å². The molecule has 11 heavy (non-hydrogen) atoms. The minimum Gasteiger partial charge on any atom is -0.396 e. The van der Waals surface area contributed by atoms with Crippen molar-refractivity contribution in [2.75, 3.05) is 13.2 Å². The van der Waals surface area contributed by atoms with Crippen LogP contribution < -0.4 is 11.1 Å². The smallest absolute Gasteiger partial charge is 0.0680 e. The number of hydrogen-bond acceptors (Lipinski definition) is 4. The highest BCUT2D eigenvalue weighted by molar-refractivity contribution is 4.95. The van der Waals surface area contributed by atoms with Gasteiger partial charge in [-0.1, -0.05) is 0 Å². The molecule has 4 heteroatoms. The molecule has 4 atom stereocenters. The first-order chi connectivity index (χ1) is 5.16. The summed E-state index contributed by atoms with van der Waals surface area (Å²) in [5.74, 6) is 0.0922. The van der Waals surface area contributed by atoms with Crippen molar-refractivity contribution >= 4 is 0 Å². The maximum Gasteiger partial charge on any atom is 0.0680 e. The van der Waals surface area contributed by atoms with Gasteiger partial charge in [0, 0.05) is 31.2 Å². The summed E-state index contributed by atoms with van der Waals surface area (Å²) in [7, 11) is 0. The number of aliphatic hydroxyl groups excluding tert-OH is 2. The fourth-order valence-electron chi connectivity index (χ4n) is 1.53. The van der Waals surface area contributed by atoms with Crippen molar-refractivity contribution in [3.63, 3.8) is 0 Å². The maximum atomic E-state index is 9.21. The van der Waals surface area contributed by atoms with Crippen molar-refractivity contribution in [1.82, 2.24) is 5.32 Å². The van der Waals surface area contributed by atoms with Gasteiger partial charge in [-0.2, -0.15) is 0 Å². The molecule has 1 aliphatic heterocycles. The number of nitrogens with two attached hydrogens (primary N) is 1.